The number of carbonyl (C=O) groups is 1. The molecule has 1 aliphatic rings. The highest BCUT2D eigenvalue weighted by molar-refractivity contribution is 5.87. The Morgan fingerprint density at radius 3 is 2.50 bits per heavy atom. The second-order valence-electron chi connectivity index (χ2n) is 6.35. The second-order valence-corrected chi connectivity index (χ2v) is 6.35. The molecule has 0 aromatic rings. The van der Waals surface area contributed by atoms with Crippen molar-refractivity contribution in [3.8, 4) is 0 Å². The molecule has 2 nitrogen and oxygen atoms in total. The van der Waals surface area contributed by atoms with Gasteiger partial charge < -0.3 is 5.11 Å². The van der Waals surface area contributed by atoms with Gasteiger partial charge in [-0.1, -0.05) is 49.3 Å². The molecule has 2 heteroatoms. The minimum Gasteiger partial charge on any atom is -0.393 e. The number of ketones is 1. The first-order valence-electron chi connectivity index (χ1n) is 7.14. The van der Waals surface area contributed by atoms with Crippen LogP contribution in [0, 0.1) is 5.41 Å². The van der Waals surface area contributed by atoms with E-state index in [9.17, 15) is 9.90 Å². The van der Waals surface area contributed by atoms with E-state index >= 15 is 0 Å². The van der Waals surface area contributed by atoms with E-state index in [-0.39, 0.29) is 17.3 Å². The van der Waals surface area contributed by atoms with Crippen LogP contribution in [0.1, 0.15) is 47.5 Å². The number of allylic oxidation sites excluding steroid dienone is 7. The predicted molar refractivity (Wildman–Crippen MR) is 84.4 cm³/mol. The Balaban J connectivity index is 2.88. The number of rotatable bonds is 4. The first-order valence-corrected chi connectivity index (χ1v) is 7.14. The molecule has 0 heterocycles. The zero-order valence-corrected chi connectivity index (χ0v) is 13.2. The van der Waals surface area contributed by atoms with Crippen molar-refractivity contribution in [1.29, 1.82) is 0 Å². The zero-order valence-electron chi connectivity index (χ0n) is 13.2. The van der Waals surface area contributed by atoms with Crippen LogP contribution in [0.5, 0.6) is 0 Å². The van der Waals surface area contributed by atoms with Gasteiger partial charge in [0.2, 0.25) is 0 Å². The fourth-order valence-electron chi connectivity index (χ4n) is 2.79. The van der Waals surface area contributed by atoms with Crippen LogP contribution >= 0.6 is 0 Å². The molecule has 1 N–H and O–H groups in total. The van der Waals surface area contributed by atoms with Gasteiger partial charge in [-0.15, -0.1) is 0 Å². The molecule has 0 radical (unpaired) electrons. The number of carbonyl (C=O) groups excluding carboxylic acids is 1. The summed E-state index contributed by atoms with van der Waals surface area (Å²) >= 11 is 0. The van der Waals surface area contributed by atoms with E-state index in [2.05, 4.69) is 32.9 Å². The fourth-order valence-corrected chi connectivity index (χ4v) is 2.79. The van der Waals surface area contributed by atoms with Crippen LogP contribution in [0.25, 0.3) is 0 Å². The molecule has 0 spiro atoms. The standard InChI is InChI=1S/C18H26O2/c1-13(7-6-8-15(3)19)9-10-17-14(2)11-16(20)12-18(17,4)5/h6-10,16,20H,11-12H2,1-5H3. The summed E-state index contributed by atoms with van der Waals surface area (Å²) in [4.78, 5) is 10.8. The third-order valence-electron chi connectivity index (χ3n) is 3.68. The van der Waals surface area contributed by atoms with Gasteiger partial charge in [0, 0.05) is 0 Å². The predicted octanol–water partition coefficient (Wildman–Crippen LogP) is 4.13. The highest BCUT2D eigenvalue weighted by Crippen LogP contribution is 2.40. The summed E-state index contributed by atoms with van der Waals surface area (Å²) in [7, 11) is 0. The Kier molecular flexibility index (Phi) is 5.70. The lowest BCUT2D eigenvalue weighted by Crippen LogP contribution is -2.28. The van der Waals surface area contributed by atoms with Gasteiger partial charge in [-0.3, -0.25) is 4.79 Å². The van der Waals surface area contributed by atoms with Gasteiger partial charge in [0.05, 0.1) is 6.10 Å². The molecular formula is C18H26O2. The highest BCUT2D eigenvalue weighted by Gasteiger charge is 2.31. The molecule has 110 valence electrons. The summed E-state index contributed by atoms with van der Waals surface area (Å²) in [5, 5.41) is 9.87. The average Bonchev–Trinajstić information content (AvgIpc) is 2.25. The van der Waals surface area contributed by atoms with Crippen molar-refractivity contribution in [2.75, 3.05) is 0 Å². The maximum Gasteiger partial charge on any atom is 0.152 e. The summed E-state index contributed by atoms with van der Waals surface area (Å²) in [6, 6.07) is 0. The zero-order chi connectivity index (χ0) is 15.3. The molecule has 0 bridgehead atoms. The average molecular weight is 274 g/mol. The largest absolute Gasteiger partial charge is 0.393 e. The molecule has 0 fully saturated rings. The van der Waals surface area contributed by atoms with Crippen LogP contribution in [0.15, 0.2) is 47.1 Å². The van der Waals surface area contributed by atoms with Gasteiger partial charge >= 0.3 is 0 Å². The highest BCUT2D eigenvalue weighted by atomic mass is 16.3. The lowest BCUT2D eigenvalue weighted by molar-refractivity contribution is -0.112. The number of aliphatic hydroxyl groups excluding tert-OH is 1. The Morgan fingerprint density at radius 1 is 1.30 bits per heavy atom. The molecule has 1 aliphatic carbocycles. The SMILES string of the molecule is CC(=O)C=CC=C(C)C=CC1=C(C)CC(O)CC1(C)C. The Labute approximate surface area is 122 Å². The van der Waals surface area contributed by atoms with Crippen molar-refractivity contribution in [2.45, 2.75) is 53.6 Å². The van der Waals surface area contributed by atoms with Crippen LogP contribution in [0.4, 0.5) is 0 Å². The molecule has 20 heavy (non-hydrogen) atoms. The monoisotopic (exact) mass is 274 g/mol. The van der Waals surface area contributed by atoms with Gasteiger partial charge in [0.15, 0.2) is 5.78 Å². The van der Waals surface area contributed by atoms with E-state index < -0.39 is 0 Å². The summed E-state index contributed by atoms with van der Waals surface area (Å²) in [6.45, 7) is 10.0. The quantitative estimate of drug-likeness (QED) is 0.618. The van der Waals surface area contributed by atoms with Crippen LogP contribution in [-0.4, -0.2) is 17.0 Å². The smallest absolute Gasteiger partial charge is 0.152 e. The third-order valence-corrected chi connectivity index (χ3v) is 3.68. The Bertz CT molecular complexity index is 488. The third kappa shape index (κ3) is 4.93. The lowest BCUT2D eigenvalue weighted by atomic mass is 9.71. The van der Waals surface area contributed by atoms with Gasteiger partial charge in [-0.05, 0) is 50.7 Å². The minimum atomic E-state index is -0.225. The number of aliphatic hydroxyl groups is 1. The van der Waals surface area contributed by atoms with Gasteiger partial charge in [0.1, 0.15) is 0 Å². The summed E-state index contributed by atoms with van der Waals surface area (Å²) in [6.07, 6.45) is 10.8. The maximum absolute atomic E-state index is 10.8. The van der Waals surface area contributed by atoms with Crippen molar-refractivity contribution < 1.29 is 9.90 Å². The molecule has 0 amide bonds. The first-order chi connectivity index (χ1) is 9.22. The minimum absolute atomic E-state index is 0.00769. The molecule has 1 rings (SSSR count). The topological polar surface area (TPSA) is 37.3 Å². The molecule has 1 atom stereocenters. The maximum atomic E-state index is 10.8. The fraction of sp³-hybridized carbons (Fsp3) is 0.500. The van der Waals surface area contributed by atoms with E-state index in [0.717, 1.165) is 18.4 Å². The lowest BCUT2D eigenvalue weighted by Gasteiger charge is -2.35. The second kappa shape index (κ2) is 6.85. The van der Waals surface area contributed by atoms with Crippen LogP contribution in [-0.2, 0) is 4.79 Å². The molecule has 0 saturated carbocycles. The summed E-state index contributed by atoms with van der Waals surface area (Å²) < 4.78 is 0. The Morgan fingerprint density at radius 2 is 1.95 bits per heavy atom. The summed E-state index contributed by atoms with van der Waals surface area (Å²) in [5.74, 6) is 0.0546. The van der Waals surface area contributed by atoms with Crippen LogP contribution in [0.3, 0.4) is 0 Å². The molecule has 1 unspecified atom stereocenters. The first kappa shape index (κ1) is 16.6. The molecule has 0 aromatic carbocycles. The van der Waals surface area contributed by atoms with Crippen molar-refractivity contribution >= 4 is 5.78 Å². The van der Waals surface area contributed by atoms with E-state index in [1.165, 1.54) is 11.1 Å². The van der Waals surface area contributed by atoms with Gasteiger partial charge in [-0.2, -0.15) is 0 Å². The van der Waals surface area contributed by atoms with Crippen molar-refractivity contribution in [3.05, 3.63) is 47.1 Å². The van der Waals surface area contributed by atoms with Crippen molar-refractivity contribution in [3.63, 3.8) is 0 Å². The molecule has 0 saturated heterocycles. The normalized spacial score (nSPS) is 23.9. The Hall–Kier alpha value is -1.41. The molecular weight excluding hydrogens is 248 g/mol. The van der Waals surface area contributed by atoms with E-state index in [4.69, 9.17) is 0 Å². The van der Waals surface area contributed by atoms with Crippen molar-refractivity contribution in [2.24, 2.45) is 5.41 Å². The summed E-state index contributed by atoms with van der Waals surface area (Å²) in [5.41, 5.74) is 3.68. The van der Waals surface area contributed by atoms with E-state index in [0.29, 0.717) is 0 Å². The molecule has 0 aliphatic heterocycles. The number of hydrogen-bond donors (Lipinski definition) is 1. The van der Waals surface area contributed by atoms with Gasteiger partial charge in [0.25, 0.3) is 0 Å². The number of hydrogen-bond acceptors (Lipinski definition) is 2. The van der Waals surface area contributed by atoms with Gasteiger partial charge in [-0.25, -0.2) is 0 Å². The van der Waals surface area contributed by atoms with E-state index in [1.807, 2.05) is 13.0 Å². The molecule has 0 aromatic heterocycles. The van der Waals surface area contributed by atoms with E-state index in [1.54, 1.807) is 19.1 Å². The van der Waals surface area contributed by atoms with Crippen LogP contribution in [0.2, 0.25) is 0 Å². The van der Waals surface area contributed by atoms with Crippen LogP contribution < -0.4 is 0 Å². The van der Waals surface area contributed by atoms with Crippen molar-refractivity contribution in [1.82, 2.24) is 0 Å².